The van der Waals surface area contributed by atoms with Gasteiger partial charge in [0.2, 0.25) is 0 Å². The minimum atomic E-state index is -0.270. The topological polar surface area (TPSA) is 29.5 Å². The van der Waals surface area contributed by atoms with Crippen LogP contribution in [0.15, 0.2) is 30.3 Å². The van der Waals surface area contributed by atoms with Crippen molar-refractivity contribution in [3.05, 3.63) is 30.3 Å². The zero-order valence-electron chi connectivity index (χ0n) is 9.17. The zero-order chi connectivity index (χ0) is 12.0. The molecule has 0 saturated heterocycles. The number of thioether (sulfide) groups is 1. The molecule has 0 fully saturated rings. The third-order valence-corrected chi connectivity index (χ3v) is 3.49. The standard InChI is InChI=1S/C11H13NO2S2/c1-12(9-6-4-3-5-7-9)11(15)16-8-10(13)14-2/h3-7H,8H2,1-2H3. The van der Waals surface area contributed by atoms with Gasteiger partial charge in [0.05, 0.1) is 12.9 Å². The molecule has 0 bridgehead atoms. The van der Waals surface area contributed by atoms with Gasteiger partial charge in [-0.1, -0.05) is 42.2 Å². The molecule has 0 heterocycles. The van der Waals surface area contributed by atoms with E-state index >= 15 is 0 Å². The summed E-state index contributed by atoms with van der Waals surface area (Å²) in [6, 6.07) is 9.76. The van der Waals surface area contributed by atoms with Gasteiger partial charge in [0, 0.05) is 12.7 Å². The van der Waals surface area contributed by atoms with Crippen molar-refractivity contribution >= 4 is 40.0 Å². The fourth-order valence-corrected chi connectivity index (χ4v) is 1.97. The quantitative estimate of drug-likeness (QED) is 0.611. The molecule has 16 heavy (non-hydrogen) atoms. The lowest BCUT2D eigenvalue weighted by Crippen LogP contribution is -2.22. The van der Waals surface area contributed by atoms with Crippen molar-refractivity contribution in [1.29, 1.82) is 0 Å². The predicted molar refractivity (Wildman–Crippen MR) is 71.9 cm³/mol. The van der Waals surface area contributed by atoms with E-state index in [-0.39, 0.29) is 11.7 Å². The normalized spacial score (nSPS) is 9.62. The van der Waals surface area contributed by atoms with Crippen molar-refractivity contribution in [2.75, 3.05) is 24.8 Å². The van der Waals surface area contributed by atoms with Crippen molar-refractivity contribution in [1.82, 2.24) is 0 Å². The molecule has 0 aliphatic heterocycles. The van der Waals surface area contributed by atoms with Crippen molar-refractivity contribution in [3.63, 3.8) is 0 Å². The second kappa shape index (κ2) is 6.50. The van der Waals surface area contributed by atoms with Crippen molar-refractivity contribution in [2.45, 2.75) is 0 Å². The second-order valence-corrected chi connectivity index (χ2v) is 4.63. The first kappa shape index (κ1) is 13.0. The Hall–Kier alpha value is -1.07. The first-order valence-corrected chi connectivity index (χ1v) is 6.07. The van der Waals surface area contributed by atoms with E-state index < -0.39 is 0 Å². The largest absolute Gasteiger partial charge is 0.468 e. The highest BCUT2D eigenvalue weighted by atomic mass is 32.2. The average Bonchev–Trinajstić information content (AvgIpc) is 2.35. The molecule has 0 aromatic heterocycles. The Morgan fingerprint density at radius 1 is 1.44 bits per heavy atom. The second-order valence-electron chi connectivity index (χ2n) is 3.03. The van der Waals surface area contributed by atoms with Crippen LogP contribution < -0.4 is 4.90 Å². The number of carbonyl (C=O) groups excluding carboxylic acids is 1. The molecule has 0 radical (unpaired) electrons. The SMILES string of the molecule is COC(=O)CSC(=S)N(C)c1ccccc1. The molecule has 0 amide bonds. The Labute approximate surface area is 105 Å². The number of anilines is 1. The summed E-state index contributed by atoms with van der Waals surface area (Å²) in [6.07, 6.45) is 0. The molecule has 1 rings (SSSR count). The maximum atomic E-state index is 11.0. The highest BCUT2D eigenvalue weighted by Gasteiger charge is 2.09. The highest BCUT2D eigenvalue weighted by molar-refractivity contribution is 8.23. The summed E-state index contributed by atoms with van der Waals surface area (Å²) in [6.45, 7) is 0. The third kappa shape index (κ3) is 3.83. The minimum Gasteiger partial charge on any atom is -0.468 e. The predicted octanol–water partition coefficient (Wildman–Crippen LogP) is 2.31. The van der Waals surface area contributed by atoms with E-state index in [2.05, 4.69) is 4.74 Å². The molecule has 0 unspecified atom stereocenters. The summed E-state index contributed by atoms with van der Waals surface area (Å²) in [5.41, 5.74) is 1.00. The number of esters is 1. The lowest BCUT2D eigenvalue weighted by Gasteiger charge is -2.18. The molecule has 5 heteroatoms. The van der Waals surface area contributed by atoms with Gasteiger partial charge < -0.3 is 9.64 Å². The van der Waals surface area contributed by atoms with Crippen LogP contribution in [0.3, 0.4) is 0 Å². The maximum Gasteiger partial charge on any atom is 0.316 e. The Balaban J connectivity index is 2.52. The van der Waals surface area contributed by atoms with Crippen LogP contribution in [0.1, 0.15) is 0 Å². The Bertz CT molecular complexity index is 368. The van der Waals surface area contributed by atoms with Crippen LogP contribution in [0.4, 0.5) is 5.69 Å². The van der Waals surface area contributed by atoms with E-state index in [0.717, 1.165) is 5.69 Å². The van der Waals surface area contributed by atoms with Crippen LogP contribution in [0, 0.1) is 0 Å². The fourth-order valence-electron chi connectivity index (χ4n) is 1.03. The minimum absolute atomic E-state index is 0.243. The number of hydrogen-bond acceptors (Lipinski definition) is 4. The molecule has 0 atom stereocenters. The number of para-hydroxylation sites is 1. The summed E-state index contributed by atoms with van der Waals surface area (Å²) >= 11 is 6.50. The lowest BCUT2D eigenvalue weighted by atomic mass is 10.3. The van der Waals surface area contributed by atoms with E-state index in [0.29, 0.717) is 4.32 Å². The van der Waals surface area contributed by atoms with Crippen molar-refractivity contribution in [3.8, 4) is 0 Å². The van der Waals surface area contributed by atoms with E-state index in [9.17, 15) is 4.79 Å². The maximum absolute atomic E-state index is 11.0. The molecule has 1 aromatic rings. The molecule has 86 valence electrons. The zero-order valence-corrected chi connectivity index (χ0v) is 10.8. The van der Waals surface area contributed by atoms with Crippen LogP contribution >= 0.6 is 24.0 Å². The van der Waals surface area contributed by atoms with E-state index in [1.54, 1.807) is 0 Å². The Morgan fingerprint density at radius 3 is 2.62 bits per heavy atom. The summed E-state index contributed by atoms with van der Waals surface area (Å²) in [5.74, 6) is -0.0271. The van der Waals surface area contributed by atoms with Gasteiger partial charge in [-0.05, 0) is 12.1 Å². The molecule has 0 saturated carbocycles. The van der Waals surface area contributed by atoms with Gasteiger partial charge in [0.15, 0.2) is 0 Å². The summed E-state index contributed by atoms with van der Waals surface area (Å²) < 4.78 is 5.20. The Morgan fingerprint density at radius 2 is 2.06 bits per heavy atom. The van der Waals surface area contributed by atoms with Gasteiger partial charge in [0.25, 0.3) is 0 Å². The summed E-state index contributed by atoms with van der Waals surface area (Å²) in [4.78, 5) is 12.8. The van der Waals surface area contributed by atoms with Gasteiger partial charge in [-0.2, -0.15) is 0 Å². The fraction of sp³-hybridized carbons (Fsp3) is 0.273. The van der Waals surface area contributed by atoms with Gasteiger partial charge >= 0.3 is 5.97 Å². The molecule has 0 aliphatic rings. The molecule has 0 spiro atoms. The number of ether oxygens (including phenoxy) is 1. The third-order valence-electron chi connectivity index (χ3n) is 1.96. The van der Waals surface area contributed by atoms with Gasteiger partial charge in [0.1, 0.15) is 4.32 Å². The number of carbonyl (C=O) groups is 1. The van der Waals surface area contributed by atoms with Crippen LogP contribution in [0.25, 0.3) is 0 Å². The van der Waals surface area contributed by atoms with E-state index in [4.69, 9.17) is 12.2 Å². The van der Waals surface area contributed by atoms with Crippen LogP contribution in [0.5, 0.6) is 0 Å². The number of thiocarbonyl (C=S) groups is 1. The monoisotopic (exact) mass is 255 g/mol. The van der Waals surface area contributed by atoms with Crippen LogP contribution in [-0.4, -0.2) is 30.2 Å². The molecule has 0 N–H and O–H groups in total. The number of benzene rings is 1. The van der Waals surface area contributed by atoms with Crippen LogP contribution in [-0.2, 0) is 9.53 Å². The average molecular weight is 255 g/mol. The number of hydrogen-bond donors (Lipinski definition) is 0. The van der Waals surface area contributed by atoms with Crippen molar-refractivity contribution < 1.29 is 9.53 Å². The highest BCUT2D eigenvalue weighted by Crippen LogP contribution is 2.17. The number of nitrogens with zero attached hydrogens (tertiary/aromatic N) is 1. The molecular formula is C11H13NO2S2. The molecular weight excluding hydrogens is 242 g/mol. The summed E-state index contributed by atoms with van der Waals surface area (Å²) in [7, 11) is 3.24. The van der Waals surface area contributed by atoms with Crippen LogP contribution in [0.2, 0.25) is 0 Å². The smallest absolute Gasteiger partial charge is 0.316 e. The van der Waals surface area contributed by atoms with E-state index in [1.807, 2.05) is 42.3 Å². The number of methoxy groups -OCH3 is 1. The van der Waals surface area contributed by atoms with Gasteiger partial charge in [-0.3, -0.25) is 4.79 Å². The first-order valence-electron chi connectivity index (χ1n) is 4.67. The number of rotatable bonds is 3. The van der Waals surface area contributed by atoms with Crippen molar-refractivity contribution in [2.24, 2.45) is 0 Å². The molecule has 0 aliphatic carbocycles. The van der Waals surface area contributed by atoms with Gasteiger partial charge in [-0.25, -0.2) is 0 Å². The summed E-state index contributed by atoms with van der Waals surface area (Å²) in [5, 5.41) is 0. The lowest BCUT2D eigenvalue weighted by molar-refractivity contribution is -0.137. The Kier molecular flexibility index (Phi) is 5.28. The molecule has 3 nitrogen and oxygen atoms in total. The van der Waals surface area contributed by atoms with E-state index in [1.165, 1.54) is 18.9 Å². The van der Waals surface area contributed by atoms with Gasteiger partial charge in [-0.15, -0.1) is 0 Å². The first-order chi connectivity index (χ1) is 7.65. The molecule has 1 aromatic carbocycles.